The van der Waals surface area contributed by atoms with Crippen LogP contribution in [0.5, 0.6) is 0 Å². The number of hydrogen-bond acceptors (Lipinski definition) is 4. The van der Waals surface area contributed by atoms with Crippen molar-refractivity contribution >= 4 is 0 Å². The van der Waals surface area contributed by atoms with Crippen molar-refractivity contribution in [3.63, 3.8) is 0 Å². The minimum Gasteiger partial charge on any atom is -0.465 e. The Morgan fingerprint density at radius 2 is 2.12 bits per heavy atom. The van der Waals surface area contributed by atoms with Gasteiger partial charge >= 0.3 is 0 Å². The molecule has 0 saturated carbocycles. The summed E-state index contributed by atoms with van der Waals surface area (Å²) in [6.45, 7) is 9.89. The molecular weight excluding hydrogens is 216 g/mol. The van der Waals surface area contributed by atoms with E-state index in [0.29, 0.717) is 6.04 Å². The van der Waals surface area contributed by atoms with Crippen molar-refractivity contribution in [1.82, 2.24) is 10.2 Å². The summed E-state index contributed by atoms with van der Waals surface area (Å²) in [6.07, 6.45) is 0. The monoisotopic (exact) mass is 238 g/mol. The van der Waals surface area contributed by atoms with Crippen molar-refractivity contribution < 1.29 is 9.15 Å². The van der Waals surface area contributed by atoms with Crippen molar-refractivity contribution in [1.29, 1.82) is 0 Å². The van der Waals surface area contributed by atoms with E-state index in [2.05, 4.69) is 17.1 Å². The minimum atomic E-state index is 0.471. The van der Waals surface area contributed by atoms with Gasteiger partial charge in [-0.15, -0.1) is 0 Å². The molecule has 0 aromatic carbocycles. The van der Waals surface area contributed by atoms with Gasteiger partial charge in [-0.3, -0.25) is 4.90 Å². The Kier molecular flexibility index (Phi) is 4.59. The Morgan fingerprint density at radius 3 is 2.76 bits per heavy atom. The molecule has 1 aromatic heterocycles. The first kappa shape index (κ1) is 12.6. The topological polar surface area (TPSA) is 37.6 Å². The van der Waals surface area contributed by atoms with Gasteiger partial charge < -0.3 is 14.5 Å². The lowest BCUT2D eigenvalue weighted by atomic mass is 10.2. The Bertz CT molecular complexity index is 332. The van der Waals surface area contributed by atoms with Crippen LogP contribution >= 0.6 is 0 Å². The molecule has 0 radical (unpaired) electrons. The summed E-state index contributed by atoms with van der Waals surface area (Å²) in [5, 5.41) is 3.48. The molecular formula is C13H22N2O2. The number of aryl methyl sites for hydroxylation is 1. The SMILES string of the molecule is Cc1ccc(CNC(C)CN2CCOCC2)o1. The molecule has 1 unspecified atom stereocenters. The minimum absolute atomic E-state index is 0.471. The van der Waals surface area contributed by atoms with Crippen LogP contribution in [0.15, 0.2) is 16.5 Å². The predicted molar refractivity (Wildman–Crippen MR) is 67.0 cm³/mol. The highest BCUT2D eigenvalue weighted by Crippen LogP contribution is 2.06. The fraction of sp³-hybridized carbons (Fsp3) is 0.692. The summed E-state index contributed by atoms with van der Waals surface area (Å²) in [7, 11) is 0. The Morgan fingerprint density at radius 1 is 1.35 bits per heavy atom. The quantitative estimate of drug-likeness (QED) is 0.841. The van der Waals surface area contributed by atoms with Crippen molar-refractivity contribution in [2.24, 2.45) is 0 Å². The lowest BCUT2D eigenvalue weighted by Gasteiger charge is -2.29. The number of nitrogens with one attached hydrogen (secondary N) is 1. The summed E-state index contributed by atoms with van der Waals surface area (Å²) < 4.78 is 10.9. The number of morpholine rings is 1. The van der Waals surface area contributed by atoms with E-state index >= 15 is 0 Å². The summed E-state index contributed by atoms with van der Waals surface area (Å²) in [4.78, 5) is 2.44. The maximum atomic E-state index is 5.53. The molecule has 1 aromatic rings. The fourth-order valence-corrected chi connectivity index (χ4v) is 2.09. The van der Waals surface area contributed by atoms with Crippen molar-refractivity contribution in [3.8, 4) is 0 Å². The fourth-order valence-electron chi connectivity index (χ4n) is 2.09. The second-order valence-corrected chi connectivity index (χ2v) is 4.71. The van der Waals surface area contributed by atoms with E-state index in [4.69, 9.17) is 9.15 Å². The van der Waals surface area contributed by atoms with E-state index in [-0.39, 0.29) is 0 Å². The molecule has 1 saturated heterocycles. The van der Waals surface area contributed by atoms with E-state index < -0.39 is 0 Å². The third-order valence-corrected chi connectivity index (χ3v) is 3.06. The molecule has 2 rings (SSSR count). The molecule has 1 N–H and O–H groups in total. The van der Waals surface area contributed by atoms with Crippen LogP contribution < -0.4 is 5.32 Å². The number of furan rings is 1. The van der Waals surface area contributed by atoms with Crippen LogP contribution in [0.3, 0.4) is 0 Å². The maximum Gasteiger partial charge on any atom is 0.117 e. The Balaban J connectivity index is 1.68. The normalized spacial score (nSPS) is 19.4. The largest absolute Gasteiger partial charge is 0.465 e. The first-order valence-corrected chi connectivity index (χ1v) is 6.33. The van der Waals surface area contributed by atoms with Gasteiger partial charge in [0.05, 0.1) is 19.8 Å². The summed E-state index contributed by atoms with van der Waals surface area (Å²) in [6, 6.07) is 4.51. The second-order valence-electron chi connectivity index (χ2n) is 4.71. The van der Waals surface area contributed by atoms with Crippen LogP contribution in [0.2, 0.25) is 0 Å². The molecule has 0 spiro atoms. The van der Waals surface area contributed by atoms with Gasteiger partial charge in [-0.25, -0.2) is 0 Å². The third-order valence-electron chi connectivity index (χ3n) is 3.06. The number of ether oxygens (including phenoxy) is 1. The molecule has 1 fully saturated rings. The smallest absolute Gasteiger partial charge is 0.117 e. The zero-order valence-corrected chi connectivity index (χ0v) is 10.7. The van der Waals surface area contributed by atoms with E-state index in [0.717, 1.165) is 50.9 Å². The van der Waals surface area contributed by atoms with Gasteiger partial charge in [0.1, 0.15) is 11.5 Å². The average molecular weight is 238 g/mol. The summed E-state index contributed by atoms with van der Waals surface area (Å²) in [5.74, 6) is 1.99. The van der Waals surface area contributed by atoms with Crippen molar-refractivity contribution in [2.45, 2.75) is 26.4 Å². The molecule has 1 atom stereocenters. The molecule has 0 bridgehead atoms. The highest BCUT2D eigenvalue weighted by Gasteiger charge is 2.13. The first-order chi connectivity index (χ1) is 8.24. The van der Waals surface area contributed by atoms with Gasteiger partial charge in [-0.05, 0) is 26.0 Å². The zero-order valence-electron chi connectivity index (χ0n) is 10.7. The van der Waals surface area contributed by atoms with Gasteiger partial charge in [-0.2, -0.15) is 0 Å². The summed E-state index contributed by atoms with van der Waals surface area (Å²) >= 11 is 0. The van der Waals surface area contributed by atoms with E-state index in [9.17, 15) is 0 Å². The highest BCUT2D eigenvalue weighted by molar-refractivity contribution is 5.05. The standard InChI is InChI=1S/C13H22N2O2/c1-11(10-15-5-7-16-8-6-15)14-9-13-4-3-12(2)17-13/h3-4,11,14H,5-10H2,1-2H3. The number of nitrogens with zero attached hydrogens (tertiary/aromatic N) is 1. The van der Waals surface area contributed by atoms with Gasteiger partial charge in [-0.1, -0.05) is 0 Å². The molecule has 4 nitrogen and oxygen atoms in total. The first-order valence-electron chi connectivity index (χ1n) is 6.33. The highest BCUT2D eigenvalue weighted by atomic mass is 16.5. The average Bonchev–Trinajstić information content (AvgIpc) is 2.74. The van der Waals surface area contributed by atoms with Gasteiger partial charge in [0, 0.05) is 25.7 Å². The van der Waals surface area contributed by atoms with E-state index in [1.165, 1.54) is 0 Å². The molecule has 1 aliphatic heterocycles. The van der Waals surface area contributed by atoms with Crippen LogP contribution in [-0.2, 0) is 11.3 Å². The van der Waals surface area contributed by atoms with Crippen LogP contribution in [0.1, 0.15) is 18.4 Å². The molecule has 4 heteroatoms. The molecule has 96 valence electrons. The van der Waals surface area contributed by atoms with Gasteiger partial charge in [0.25, 0.3) is 0 Å². The van der Waals surface area contributed by atoms with Crippen molar-refractivity contribution in [2.75, 3.05) is 32.8 Å². The van der Waals surface area contributed by atoms with E-state index in [1.807, 2.05) is 19.1 Å². The molecule has 17 heavy (non-hydrogen) atoms. The maximum absolute atomic E-state index is 5.53. The lowest BCUT2D eigenvalue weighted by molar-refractivity contribution is 0.0342. The Labute approximate surface area is 103 Å². The molecule has 0 aliphatic carbocycles. The third kappa shape index (κ3) is 4.15. The van der Waals surface area contributed by atoms with Gasteiger partial charge in [0.15, 0.2) is 0 Å². The predicted octanol–water partition coefficient (Wildman–Crippen LogP) is 1.40. The van der Waals surface area contributed by atoms with E-state index in [1.54, 1.807) is 0 Å². The number of rotatable bonds is 5. The van der Waals surface area contributed by atoms with Crippen LogP contribution in [0, 0.1) is 6.92 Å². The lowest BCUT2D eigenvalue weighted by Crippen LogP contribution is -2.44. The Hall–Kier alpha value is -0.840. The second kappa shape index (κ2) is 6.19. The van der Waals surface area contributed by atoms with Gasteiger partial charge in [0.2, 0.25) is 0 Å². The molecule has 0 amide bonds. The molecule has 2 heterocycles. The number of hydrogen-bond donors (Lipinski definition) is 1. The van der Waals surface area contributed by atoms with Crippen molar-refractivity contribution in [3.05, 3.63) is 23.7 Å². The summed E-state index contributed by atoms with van der Waals surface area (Å²) in [5.41, 5.74) is 0. The van der Waals surface area contributed by atoms with Crippen LogP contribution in [0.25, 0.3) is 0 Å². The van der Waals surface area contributed by atoms with Crippen LogP contribution in [-0.4, -0.2) is 43.8 Å². The molecule has 1 aliphatic rings. The zero-order chi connectivity index (χ0) is 12.1. The van der Waals surface area contributed by atoms with Crippen LogP contribution in [0.4, 0.5) is 0 Å².